The van der Waals surface area contributed by atoms with Crippen LogP contribution in [0.4, 0.5) is 0 Å². The summed E-state index contributed by atoms with van der Waals surface area (Å²) in [5, 5.41) is 18.0. The second-order valence-corrected chi connectivity index (χ2v) is 4.76. The molecule has 1 aliphatic rings. The SMILES string of the molecule is CC1(C)OCC(c2ccc(B(O)O)cc2)CO1. The molecule has 1 saturated heterocycles. The highest BCUT2D eigenvalue weighted by Gasteiger charge is 2.29. The normalized spacial score (nSPS) is 20.2. The van der Waals surface area contributed by atoms with Gasteiger partial charge in [-0.25, -0.2) is 0 Å². The van der Waals surface area contributed by atoms with E-state index in [2.05, 4.69) is 0 Å². The smallest absolute Gasteiger partial charge is 0.423 e. The van der Waals surface area contributed by atoms with Gasteiger partial charge in [-0.1, -0.05) is 24.3 Å². The van der Waals surface area contributed by atoms with Crippen molar-refractivity contribution in [3.63, 3.8) is 0 Å². The predicted molar refractivity (Wildman–Crippen MR) is 65.0 cm³/mol. The first-order valence-electron chi connectivity index (χ1n) is 5.72. The third-order valence-corrected chi connectivity index (χ3v) is 2.97. The average molecular weight is 236 g/mol. The lowest BCUT2D eigenvalue weighted by atomic mass is 9.79. The number of hydrogen-bond donors (Lipinski definition) is 2. The first-order valence-corrected chi connectivity index (χ1v) is 5.72. The highest BCUT2D eigenvalue weighted by atomic mass is 16.7. The van der Waals surface area contributed by atoms with Gasteiger partial charge in [0.15, 0.2) is 5.79 Å². The zero-order valence-electron chi connectivity index (χ0n) is 10.1. The van der Waals surface area contributed by atoms with Crippen LogP contribution in [0.15, 0.2) is 24.3 Å². The van der Waals surface area contributed by atoms with Crippen LogP contribution in [-0.2, 0) is 9.47 Å². The minimum Gasteiger partial charge on any atom is -0.423 e. The van der Waals surface area contributed by atoms with Gasteiger partial charge in [0.2, 0.25) is 0 Å². The Labute approximate surface area is 101 Å². The molecule has 0 atom stereocenters. The molecule has 5 heteroatoms. The first kappa shape index (κ1) is 12.6. The summed E-state index contributed by atoms with van der Waals surface area (Å²) in [6.45, 7) is 5.03. The maximum atomic E-state index is 9.00. The van der Waals surface area contributed by atoms with Crippen LogP contribution in [-0.4, -0.2) is 36.2 Å². The first-order chi connectivity index (χ1) is 7.98. The Bertz CT molecular complexity index is 365. The van der Waals surface area contributed by atoms with E-state index in [1.807, 2.05) is 26.0 Å². The molecule has 2 rings (SSSR count). The Balaban J connectivity index is 2.04. The molecule has 4 nitrogen and oxygen atoms in total. The van der Waals surface area contributed by atoms with E-state index in [0.717, 1.165) is 5.56 Å². The van der Waals surface area contributed by atoms with Crippen molar-refractivity contribution in [1.29, 1.82) is 0 Å². The van der Waals surface area contributed by atoms with Crippen molar-refractivity contribution in [3.05, 3.63) is 29.8 Å². The van der Waals surface area contributed by atoms with Gasteiger partial charge in [0.05, 0.1) is 13.2 Å². The fraction of sp³-hybridized carbons (Fsp3) is 0.500. The largest absolute Gasteiger partial charge is 0.488 e. The van der Waals surface area contributed by atoms with Crippen LogP contribution >= 0.6 is 0 Å². The van der Waals surface area contributed by atoms with Crippen LogP contribution in [0.2, 0.25) is 0 Å². The van der Waals surface area contributed by atoms with E-state index < -0.39 is 12.9 Å². The van der Waals surface area contributed by atoms with Crippen molar-refractivity contribution in [1.82, 2.24) is 0 Å². The molecular formula is C12H17BO4. The molecule has 0 aliphatic carbocycles. The van der Waals surface area contributed by atoms with Gasteiger partial charge in [-0.15, -0.1) is 0 Å². The molecule has 92 valence electrons. The van der Waals surface area contributed by atoms with E-state index in [0.29, 0.717) is 18.7 Å². The fourth-order valence-corrected chi connectivity index (χ4v) is 1.83. The van der Waals surface area contributed by atoms with E-state index in [-0.39, 0.29) is 5.92 Å². The van der Waals surface area contributed by atoms with Crippen LogP contribution in [0, 0.1) is 0 Å². The zero-order chi connectivity index (χ0) is 12.5. The van der Waals surface area contributed by atoms with Crippen LogP contribution < -0.4 is 5.46 Å². The van der Waals surface area contributed by atoms with Crippen LogP contribution in [0.3, 0.4) is 0 Å². The van der Waals surface area contributed by atoms with E-state index in [4.69, 9.17) is 19.5 Å². The summed E-state index contributed by atoms with van der Waals surface area (Å²) in [4.78, 5) is 0. The molecule has 0 amide bonds. The molecular weight excluding hydrogens is 219 g/mol. The van der Waals surface area contributed by atoms with E-state index in [1.54, 1.807) is 12.1 Å². The van der Waals surface area contributed by atoms with Gasteiger partial charge >= 0.3 is 7.12 Å². The molecule has 0 bridgehead atoms. The molecule has 1 aromatic rings. The highest BCUT2D eigenvalue weighted by Crippen LogP contribution is 2.26. The van der Waals surface area contributed by atoms with Crippen molar-refractivity contribution in [2.75, 3.05) is 13.2 Å². The van der Waals surface area contributed by atoms with Crippen LogP contribution in [0.1, 0.15) is 25.3 Å². The Hall–Kier alpha value is -0.875. The van der Waals surface area contributed by atoms with Crippen molar-refractivity contribution >= 4 is 12.6 Å². The van der Waals surface area contributed by atoms with Crippen molar-refractivity contribution in [2.45, 2.75) is 25.6 Å². The van der Waals surface area contributed by atoms with Gasteiger partial charge in [-0.05, 0) is 24.9 Å². The van der Waals surface area contributed by atoms with Gasteiger partial charge in [0.25, 0.3) is 0 Å². The zero-order valence-corrected chi connectivity index (χ0v) is 10.1. The summed E-state index contributed by atoms with van der Waals surface area (Å²) < 4.78 is 11.2. The van der Waals surface area contributed by atoms with E-state index in [1.165, 1.54) is 0 Å². The molecule has 0 saturated carbocycles. The van der Waals surface area contributed by atoms with Crippen molar-refractivity contribution in [3.8, 4) is 0 Å². The molecule has 1 heterocycles. The third kappa shape index (κ3) is 3.07. The summed E-state index contributed by atoms with van der Waals surface area (Å²) in [5.41, 5.74) is 1.58. The maximum Gasteiger partial charge on any atom is 0.488 e. The molecule has 0 unspecified atom stereocenters. The predicted octanol–water partition coefficient (Wildman–Crippen LogP) is 0.233. The van der Waals surface area contributed by atoms with Gasteiger partial charge in [-0.2, -0.15) is 0 Å². The van der Waals surface area contributed by atoms with Gasteiger partial charge < -0.3 is 19.5 Å². The van der Waals surface area contributed by atoms with E-state index >= 15 is 0 Å². The number of ether oxygens (including phenoxy) is 2. The van der Waals surface area contributed by atoms with Gasteiger partial charge in [0.1, 0.15) is 0 Å². The quantitative estimate of drug-likeness (QED) is 0.722. The van der Waals surface area contributed by atoms with Gasteiger partial charge in [0, 0.05) is 5.92 Å². The second kappa shape index (κ2) is 4.78. The second-order valence-electron chi connectivity index (χ2n) is 4.76. The topological polar surface area (TPSA) is 58.9 Å². The summed E-state index contributed by atoms with van der Waals surface area (Å²) in [6, 6.07) is 7.18. The minimum absolute atomic E-state index is 0.202. The fourth-order valence-electron chi connectivity index (χ4n) is 1.83. The Kier molecular flexibility index (Phi) is 3.54. The molecule has 1 aromatic carbocycles. The minimum atomic E-state index is -1.41. The van der Waals surface area contributed by atoms with Crippen molar-refractivity contribution in [2.24, 2.45) is 0 Å². The monoisotopic (exact) mass is 236 g/mol. The molecule has 0 aromatic heterocycles. The Morgan fingerprint density at radius 2 is 1.65 bits per heavy atom. The lowest BCUT2D eigenvalue weighted by Crippen LogP contribution is -2.38. The standard InChI is InChI=1S/C12H17BO4/c1-12(2)16-7-10(8-17-12)9-3-5-11(6-4-9)13(14)15/h3-6,10,14-15H,7-8H2,1-2H3. The summed E-state index contributed by atoms with van der Waals surface area (Å²) >= 11 is 0. The molecule has 17 heavy (non-hydrogen) atoms. The molecule has 1 fully saturated rings. The summed E-state index contributed by atoms with van der Waals surface area (Å²) in [6.07, 6.45) is 0. The van der Waals surface area contributed by atoms with Crippen LogP contribution in [0.5, 0.6) is 0 Å². The molecule has 0 radical (unpaired) electrons. The molecule has 1 aliphatic heterocycles. The Morgan fingerprint density at radius 3 is 2.12 bits per heavy atom. The summed E-state index contributed by atoms with van der Waals surface area (Å²) in [5.74, 6) is -0.300. The van der Waals surface area contributed by atoms with Gasteiger partial charge in [-0.3, -0.25) is 0 Å². The Morgan fingerprint density at radius 1 is 1.12 bits per heavy atom. The third-order valence-electron chi connectivity index (χ3n) is 2.97. The maximum absolute atomic E-state index is 9.00. The lowest BCUT2D eigenvalue weighted by molar-refractivity contribution is -0.251. The molecule has 0 spiro atoms. The lowest BCUT2D eigenvalue weighted by Gasteiger charge is -2.35. The highest BCUT2D eigenvalue weighted by molar-refractivity contribution is 6.58. The number of rotatable bonds is 2. The van der Waals surface area contributed by atoms with Crippen LogP contribution in [0.25, 0.3) is 0 Å². The number of hydrogen-bond acceptors (Lipinski definition) is 4. The molecule has 2 N–H and O–H groups in total. The van der Waals surface area contributed by atoms with E-state index in [9.17, 15) is 0 Å². The summed E-state index contributed by atoms with van der Waals surface area (Å²) in [7, 11) is -1.41. The average Bonchev–Trinajstić information content (AvgIpc) is 2.29. The van der Waals surface area contributed by atoms with Crippen molar-refractivity contribution < 1.29 is 19.5 Å². The number of benzene rings is 1.